The summed E-state index contributed by atoms with van der Waals surface area (Å²) in [6, 6.07) is 14.6. The molecule has 0 heterocycles. The molecule has 0 bridgehead atoms. The van der Waals surface area contributed by atoms with Crippen LogP contribution in [0.2, 0.25) is 0 Å². The summed E-state index contributed by atoms with van der Waals surface area (Å²) in [6.07, 6.45) is 0. The Balaban J connectivity index is 2.21. The summed E-state index contributed by atoms with van der Waals surface area (Å²) in [5, 5.41) is 9.07. The van der Waals surface area contributed by atoms with Crippen LogP contribution in [0.3, 0.4) is 0 Å². The lowest BCUT2D eigenvalue weighted by Crippen LogP contribution is -1.86. The zero-order valence-electron chi connectivity index (χ0n) is 10.1. The van der Waals surface area contributed by atoms with Gasteiger partial charge in [0.25, 0.3) is 0 Å². The Hall–Kier alpha value is -1.25. The Morgan fingerprint density at radius 2 is 1.71 bits per heavy atom. The second-order valence-electron chi connectivity index (χ2n) is 4.17. The van der Waals surface area contributed by atoms with Crippen LogP contribution in [0.4, 0.5) is 0 Å². The molecule has 0 atom stereocenters. The van der Waals surface area contributed by atoms with E-state index in [-0.39, 0.29) is 6.61 Å². The largest absolute Gasteiger partial charge is 0.392 e. The average molecular weight is 244 g/mol. The molecular formula is C15H16OS. The fourth-order valence-corrected chi connectivity index (χ4v) is 2.54. The number of benzene rings is 2. The Morgan fingerprint density at radius 3 is 2.29 bits per heavy atom. The molecule has 0 saturated carbocycles. The van der Waals surface area contributed by atoms with Gasteiger partial charge in [0.05, 0.1) is 6.61 Å². The van der Waals surface area contributed by atoms with Gasteiger partial charge >= 0.3 is 0 Å². The van der Waals surface area contributed by atoms with E-state index < -0.39 is 0 Å². The molecule has 0 aliphatic rings. The highest BCUT2D eigenvalue weighted by Crippen LogP contribution is 2.30. The van der Waals surface area contributed by atoms with Gasteiger partial charge in [0, 0.05) is 9.79 Å². The van der Waals surface area contributed by atoms with Crippen LogP contribution < -0.4 is 0 Å². The van der Waals surface area contributed by atoms with Crippen LogP contribution >= 0.6 is 11.8 Å². The standard InChI is InChI=1S/C15H16OS/c1-11-3-6-14(7-4-11)17-15-8-5-13(10-16)9-12(15)2/h3-9,16H,10H2,1-2H3. The van der Waals surface area contributed by atoms with E-state index >= 15 is 0 Å². The van der Waals surface area contributed by atoms with E-state index in [0.717, 1.165) is 5.56 Å². The minimum atomic E-state index is 0.107. The lowest BCUT2D eigenvalue weighted by molar-refractivity contribution is 0.281. The van der Waals surface area contributed by atoms with Crippen LogP contribution in [0, 0.1) is 13.8 Å². The number of hydrogen-bond acceptors (Lipinski definition) is 2. The third-order valence-corrected chi connectivity index (χ3v) is 3.86. The molecule has 2 heteroatoms. The van der Waals surface area contributed by atoms with Crippen molar-refractivity contribution in [3.8, 4) is 0 Å². The first-order chi connectivity index (χ1) is 8.19. The van der Waals surface area contributed by atoms with Gasteiger partial charge in [-0.15, -0.1) is 0 Å². The van der Waals surface area contributed by atoms with E-state index in [0.29, 0.717) is 0 Å². The third-order valence-electron chi connectivity index (χ3n) is 2.67. The van der Waals surface area contributed by atoms with E-state index in [4.69, 9.17) is 5.11 Å². The van der Waals surface area contributed by atoms with Crippen molar-refractivity contribution in [1.82, 2.24) is 0 Å². The minimum Gasteiger partial charge on any atom is -0.392 e. The highest BCUT2D eigenvalue weighted by molar-refractivity contribution is 7.99. The monoisotopic (exact) mass is 244 g/mol. The number of aryl methyl sites for hydroxylation is 2. The van der Waals surface area contributed by atoms with Crippen molar-refractivity contribution in [1.29, 1.82) is 0 Å². The molecule has 0 aliphatic carbocycles. The molecule has 0 aromatic heterocycles. The van der Waals surface area contributed by atoms with Crippen molar-refractivity contribution in [2.75, 3.05) is 0 Å². The first-order valence-corrected chi connectivity index (χ1v) is 6.45. The summed E-state index contributed by atoms with van der Waals surface area (Å²) in [6.45, 7) is 4.28. The van der Waals surface area contributed by atoms with Crippen molar-refractivity contribution in [3.05, 3.63) is 59.2 Å². The summed E-state index contributed by atoms with van der Waals surface area (Å²) < 4.78 is 0. The number of aliphatic hydroxyl groups excluding tert-OH is 1. The summed E-state index contributed by atoms with van der Waals surface area (Å²) >= 11 is 1.76. The summed E-state index contributed by atoms with van der Waals surface area (Å²) in [5.41, 5.74) is 3.46. The molecule has 0 radical (unpaired) electrons. The third kappa shape index (κ3) is 3.11. The molecule has 2 aromatic carbocycles. The quantitative estimate of drug-likeness (QED) is 0.882. The van der Waals surface area contributed by atoms with E-state index in [2.05, 4.69) is 44.2 Å². The molecule has 17 heavy (non-hydrogen) atoms. The van der Waals surface area contributed by atoms with Crippen molar-refractivity contribution in [2.24, 2.45) is 0 Å². The maximum absolute atomic E-state index is 9.07. The zero-order valence-corrected chi connectivity index (χ0v) is 10.9. The lowest BCUT2D eigenvalue weighted by atomic mass is 10.1. The van der Waals surface area contributed by atoms with Gasteiger partial charge in [0.1, 0.15) is 0 Å². The van der Waals surface area contributed by atoms with Gasteiger partial charge < -0.3 is 5.11 Å². The number of rotatable bonds is 3. The zero-order chi connectivity index (χ0) is 12.3. The van der Waals surface area contributed by atoms with Gasteiger partial charge in [-0.3, -0.25) is 0 Å². The van der Waals surface area contributed by atoms with Gasteiger partial charge in [0.15, 0.2) is 0 Å². The predicted molar refractivity (Wildman–Crippen MR) is 72.4 cm³/mol. The van der Waals surface area contributed by atoms with Crippen LogP contribution in [0.25, 0.3) is 0 Å². The summed E-state index contributed by atoms with van der Waals surface area (Å²) in [5.74, 6) is 0. The first kappa shape index (κ1) is 12.2. The van der Waals surface area contributed by atoms with E-state index in [1.165, 1.54) is 20.9 Å². The predicted octanol–water partition coefficient (Wildman–Crippen LogP) is 3.95. The Labute approximate surface area is 107 Å². The van der Waals surface area contributed by atoms with Gasteiger partial charge in [-0.05, 0) is 43.2 Å². The van der Waals surface area contributed by atoms with Crippen LogP contribution in [0.1, 0.15) is 16.7 Å². The van der Waals surface area contributed by atoms with E-state index in [9.17, 15) is 0 Å². The molecule has 0 aliphatic heterocycles. The maximum Gasteiger partial charge on any atom is 0.0681 e. The second kappa shape index (κ2) is 5.39. The molecule has 0 saturated heterocycles. The van der Waals surface area contributed by atoms with Crippen molar-refractivity contribution >= 4 is 11.8 Å². The average Bonchev–Trinajstić information content (AvgIpc) is 2.34. The fraction of sp³-hybridized carbons (Fsp3) is 0.200. The first-order valence-electron chi connectivity index (χ1n) is 5.64. The smallest absolute Gasteiger partial charge is 0.0681 e. The Kier molecular flexibility index (Phi) is 3.87. The molecule has 0 fully saturated rings. The Morgan fingerprint density at radius 1 is 1.00 bits per heavy atom. The van der Waals surface area contributed by atoms with Crippen molar-refractivity contribution in [2.45, 2.75) is 30.2 Å². The van der Waals surface area contributed by atoms with Crippen molar-refractivity contribution < 1.29 is 5.11 Å². The SMILES string of the molecule is Cc1ccc(Sc2ccc(CO)cc2C)cc1. The van der Waals surface area contributed by atoms with Gasteiger partial charge in [0.2, 0.25) is 0 Å². The summed E-state index contributed by atoms with van der Waals surface area (Å²) in [7, 11) is 0. The topological polar surface area (TPSA) is 20.2 Å². The molecule has 0 unspecified atom stereocenters. The molecule has 0 spiro atoms. The molecule has 0 amide bonds. The highest BCUT2D eigenvalue weighted by atomic mass is 32.2. The molecular weight excluding hydrogens is 228 g/mol. The molecule has 1 N–H and O–H groups in total. The summed E-state index contributed by atoms with van der Waals surface area (Å²) in [4.78, 5) is 2.49. The van der Waals surface area contributed by atoms with Crippen molar-refractivity contribution in [3.63, 3.8) is 0 Å². The molecule has 88 valence electrons. The van der Waals surface area contributed by atoms with E-state index in [1.54, 1.807) is 11.8 Å². The molecule has 2 aromatic rings. The van der Waals surface area contributed by atoms with Crippen LogP contribution in [-0.4, -0.2) is 5.11 Å². The van der Waals surface area contributed by atoms with E-state index in [1.807, 2.05) is 12.1 Å². The fourth-order valence-electron chi connectivity index (χ4n) is 1.66. The normalized spacial score (nSPS) is 10.5. The van der Waals surface area contributed by atoms with Gasteiger partial charge in [-0.2, -0.15) is 0 Å². The highest BCUT2D eigenvalue weighted by Gasteiger charge is 2.02. The van der Waals surface area contributed by atoms with Crippen LogP contribution in [-0.2, 0) is 6.61 Å². The van der Waals surface area contributed by atoms with Crippen LogP contribution in [0.5, 0.6) is 0 Å². The Bertz CT molecular complexity index is 503. The molecule has 2 rings (SSSR count). The number of aliphatic hydroxyl groups is 1. The number of hydrogen-bond donors (Lipinski definition) is 1. The van der Waals surface area contributed by atoms with Gasteiger partial charge in [-0.25, -0.2) is 0 Å². The lowest BCUT2D eigenvalue weighted by Gasteiger charge is -2.07. The second-order valence-corrected chi connectivity index (χ2v) is 5.29. The minimum absolute atomic E-state index is 0.107. The van der Waals surface area contributed by atoms with Crippen LogP contribution in [0.15, 0.2) is 52.3 Å². The molecule has 1 nitrogen and oxygen atoms in total. The maximum atomic E-state index is 9.07. The van der Waals surface area contributed by atoms with Gasteiger partial charge in [-0.1, -0.05) is 41.6 Å².